The number of carbonyl (C=O) groups excluding carboxylic acids is 1. The first-order valence-corrected chi connectivity index (χ1v) is 9.30. The van der Waals surface area contributed by atoms with Gasteiger partial charge in [0.2, 0.25) is 0 Å². The van der Waals surface area contributed by atoms with Crippen molar-refractivity contribution in [3.8, 4) is 0 Å². The fourth-order valence-corrected chi connectivity index (χ4v) is 3.18. The van der Waals surface area contributed by atoms with E-state index in [9.17, 15) is 4.79 Å². The predicted molar refractivity (Wildman–Crippen MR) is 108 cm³/mol. The number of hydrogen-bond acceptors (Lipinski definition) is 4. The fourth-order valence-electron chi connectivity index (χ4n) is 3.18. The van der Waals surface area contributed by atoms with Crippen molar-refractivity contribution in [2.24, 2.45) is 0 Å². The minimum atomic E-state index is -0.152. The molecule has 0 radical (unpaired) electrons. The van der Waals surface area contributed by atoms with E-state index in [1.165, 1.54) is 24.9 Å². The van der Waals surface area contributed by atoms with Gasteiger partial charge in [-0.15, -0.1) is 0 Å². The molecule has 0 bridgehead atoms. The van der Waals surface area contributed by atoms with Crippen LogP contribution in [0.3, 0.4) is 0 Å². The highest BCUT2D eigenvalue weighted by Crippen LogP contribution is 2.22. The van der Waals surface area contributed by atoms with Crippen LogP contribution in [0.1, 0.15) is 50.4 Å². The first kappa shape index (κ1) is 18.2. The van der Waals surface area contributed by atoms with Crippen molar-refractivity contribution in [1.82, 2.24) is 4.98 Å². The Morgan fingerprint density at radius 3 is 2.35 bits per heavy atom. The molecular formula is C21H28N4O. The molecular weight excluding hydrogens is 324 g/mol. The number of benzene rings is 1. The number of carbonyl (C=O) groups is 1. The summed E-state index contributed by atoms with van der Waals surface area (Å²) in [5.74, 6) is -0.152. The number of piperidine rings is 1. The van der Waals surface area contributed by atoms with Crippen LogP contribution in [0.5, 0.6) is 0 Å². The van der Waals surface area contributed by atoms with E-state index in [0.717, 1.165) is 24.5 Å². The monoisotopic (exact) mass is 352 g/mol. The molecule has 1 saturated heterocycles. The number of anilines is 3. The summed E-state index contributed by atoms with van der Waals surface area (Å²) < 4.78 is 0. The summed E-state index contributed by atoms with van der Waals surface area (Å²) in [4.78, 5) is 19.1. The molecule has 5 nitrogen and oxygen atoms in total. The van der Waals surface area contributed by atoms with Gasteiger partial charge in [0, 0.05) is 42.4 Å². The van der Waals surface area contributed by atoms with Crippen molar-refractivity contribution in [2.75, 3.05) is 28.6 Å². The number of aromatic nitrogens is 1. The van der Waals surface area contributed by atoms with Gasteiger partial charge in [0.25, 0.3) is 5.91 Å². The van der Waals surface area contributed by atoms with Gasteiger partial charge in [-0.1, -0.05) is 0 Å². The van der Waals surface area contributed by atoms with Crippen molar-refractivity contribution in [3.63, 3.8) is 0 Å². The number of nitrogens with zero attached hydrogens (tertiary/aromatic N) is 2. The third-order valence-corrected chi connectivity index (χ3v) is 4.37. The third-order valence-electron chi connectivity index (χ3n) is 4.37. The molecule has 1 amide bonds. The fraction of sp³-hybridized carbons (Fsp3) is 0.429. The van der Waals surface area contributed by atoms with E-state index >= 15 is 0 Å². The minimum absolute atomic E-state index is 0.0823. The first-order valence-electron chi connectivity index (χ1n) is 9.30. The predicted octanol–water partition coefficient (Wildman–Crippen LogP) is 4.53. The smallest absolute Gasteiger partial charge is 0.257 e. The molecule has 0 saturated carbocycles. The van der Waals surface area contributed by atoms with E-state index in [-0.39, 0.29) is 11.4 Å². The van der Waals surface area contributed by atoms with Crippen LogP contribution in [-0.4, -0.2) is 29.5 Å². The molecule has 0 atom stereocenters. The summed E-state index contributed by atoms with van der Waals surface area (Å²) >= 11 is 0. The zero-order valence-corrected chi connectivity index (χ0v) is 15.9. The Morgan fingerprint density at radius 2 is 1.69 bits per heavy atom. The molecule has 1 aliphatic rings. The molecule has 0 spiro atoms. The summed E-state index contributed by atoms with van der Waals surface area (Å²) in [6, 6.07) is 9.92. The van der Waals surface area contributed by atoms with Crippen molar-refractivity contribution >= 4 is 23.0 Å². The normalized spacial score (nSPS) is 14.8. The lowest BCUT2D eigenvalue weighted by atomic mass is 10.1. The maximum Gasteiger partial charge on any atom is 0.257 e. The van der Waals surface area contributed by atoms with Crippen LogP contribution in [0, 0.1) is 0 Å². The van der Waals surface area contributed by atoms with E-state index < -0.39 is 0 Å². The minimum Gasteiger partial charge on any atom is -0.379 e. The van der Waals surface area contributed by atoms with Gasteiger partial charge in [0.05, 0.1) is 11.3 Å². The molecule has 2 heterocycles. The zero-order valence-electron chi connectivity index (χ0n) is 15.9. The SMILES string of the molecule is CC(C)(C)Nc1cncc(C(=O)Nc2ccc(N3CCCCC3)cc2)c1. The Hall–Kier alpha value is -2.56. The van der Waals surface area contributed by atoms with Crippen LogP contribution >= 0.6 is 0 Å². The summed E-state index contributed by atoms with van der Waals surface area (Å²) in [5.41, 5.74) is 3.32. The van der Waals surface area contributed by atoms with E-state index in [0.29, 0.717) is 5.56 Å². The number of hydrogen-bond donors (Lipinski definition) is 2. The van der Waals surface area contributed by atoms with Gasteiger partial charge in [-0.2, -0.15) is 0 Å². The topological polar surface area (TPSA) is 57.3 Å². The second kappa shape index (κ2) is 7.77. The van der Waals surface area contributed by atoms with Crippen LogP contribution in [0.4, 0.5) is 17.1 Å². The highest BCUT2D eigenvalue weighted by Gasteiger charge is 2.13. The molecule has 5 heteroatoms. The van der Waals surface area contributed by atoms with Crippen LogP contribution in [-0.2, 0) is 0 Å². The Labute approximate surface area is 155 Å². The molecule has 26 heavy (non-hydrogen) atoms. The van der Waals surface area contributed by atoms with Crippen LogP contribution in [0.2, 0.25) is 0 Å². The van der Waals surface area contributed by atoms with Gasteiger partial charge in [0.15, 0.2) is 0 Å². The summed E-state index contributed by atoms with van der Waals surface area (Å²) in [6.07, 6.45) is 7.15. The molecule has 2 aromatic rings. The Morgan fingerprint density at radius 1 is 1.00 bits per heavy atom. The van der Waals surface area contributed by atoms with Gasteiger partial charge in [-0.05, 0) is 70.4 Å². The molecule has 0 unspecified atom stereocenters. The Kier molecular flexibility index (Phi) is 5.45. The van der Waals surface area contributed by atoms with Gasteiger partial charge in [-0.25, -0.2) is 0 Å². The molecule has 1 aliphatic heterocycles. The Balaban J connectivity index is 1.65. The lowest BCUT2D eigenvalue weighted by molar-refractivity contribution is 0.102. The van der Waals surface area contributed by atoms with Crippen molar-refractivity contribution in [2.45, 2.75) is 45.6 Å². The second-order valence-corrected chi connectivity index (χ2v) is 7.89. The molecule has 138 valence electrons. The van der Waals surface area contributed by atoms with Crippen molar-refractivity contribution < 1.29 is 4.79 Å². The summed E-state index contributed by atoms with van der Waals surface area (Å²) in [5, 5.41) is 6.29. The van der Waals surface area contributed by atoms with Crippen molar-refractivity contribution in [1.29, 1.82) is 0 Å². The van der Waals surface area contributed by atoms with Gasteiger partial charge >= 0.3 is 0 Å². The highest BCUT2D eigenvalue weighted by atomic mass is 16.1. The Bertz CT molecular complexity index is 743. The van der Waals surface area contributed by atoms with Gasteiger partial charge in [0.1, 0.15) is 0 Å². The van der Waals surface area contributed by atoms with Crippen LogP contribution < -0.4 is 15.5 Å². The number of nitrogens with one attached hydrogen (secondary N) is 2. The summed E-state index contributed by atoms with van der Waals surface area (Å²) in [7, 11) is 0. The van der Waals surface area contributed by atoms with Crippen LogP contribution in [0.15, 0.2) is 42.7 Å². The largest absolute Gasteiger partial charge is 0.379 e. The molecule has 1 aromatic heterocycles. The van der Waals surface area contributed by atoms with E-state index in [4.69, 9.17) is 0 Å². The molecule has 0 aliphatic carbocycles. The first-order chi connectivity index (χ1) is 12.4. The van der Waals surface area contributed by atoms with Crippen LogP contribution in [0.25, 0.3) is 0 Å². The zero-order chi connectivity index (χ0) is 18.6. The third kappa shape index (κ3) is 4.97. The molecule has 2 N–H and O–H groups in total. The van der Waals surface area contributed by atoms with E-state index in [1.54, 1.807) is 12.4 Å². The molecule has 1 aromatic carbocycles. The van der Waals surface area contributed by atoms with E-state index in [2.05, 4.69) is 53.4 Å². The maximum absolute atomic E-state index is 12.5. The highest BCUT2D eigenvalue weighted by molar-refractivity contribution is 6.04. The average Bonchev–Trinajstić information content (AvgIpc) is 2.62. The molecule has 3 rings (SSSR count). The second-order valence-electron chi connectivity index (χ2n) is 7.89. The van der Waals surface area contributed by atoms with Gasteiger partial charge in [-0.3, -0.25) is 9.78 Å². The van der Waals surface area contributed by atoms with Gasteiger partial charge < -0.3 is 15.5 Å². The number of pyridine rings is 1. The number of rotatable bonds is 4. The average molecular weight is 352 g/mol. The summed E-state index contributed by atoms with van der Waals surface area (Å²) in [6.45, 7) is 8.45. The number of amides is 1. The quantitative estimate of drug-likeness (QED) is 0.848. The standard InChI is InChI=1S/C21H28N4O/c1-21(2,3)24-18-13-16(14-22-15-18)20(26)23-17-7-9-19(10-8-17)25-11-5-4-6-12-25/h7-10,13-15,24H,4-6,11-12H2,1-3H3,(H,23,26). The van der Waals surface area contributed by atoms with Crippen molar-refractivity contribution in [3.05, 3.63) is 48.3 Å². The molecule has 1 fully saturated rings. The lowest BCUT2D eigenvalue weighted by Gasteiger charge is -2.28. The van der Waals surface area contributed by atoms with E-state index in [1.807, 2.05) is 18.2 Å². The lowest BCUT2D eigenvalue weighted by Crippen LogP contribution is -2.29. The maximum atomic E-state index is 12.5.